The van der Waals surface area contributed by atoms with Gasteiger partial charge in [-0.15, -0.1) is 0 Å². The van der Waals surface area contributed by atoms with E-state index in [1.807, 2.05) is 24.3 Å². The smallest absolute Gasteiger partial charge is 0.248 e. The van der Waals surface area contributed by atoms with E-state index >= 15 is 0 Å². The van der Waals surface area contributed by atoms with E-state index in [4.69, 9.17) is 5.73 Å². The number of carbonyl (C=O) groups is 3. The molecule has 4 nitrogen and oxygen atoms in total. The van der Waals surface area contributed by atoms with Crippen LogP contribution in [0, 0.1) is 0 Å². The van der Waals surface area contributed by atoms with E-state index in [-0.39, 0.29) is 18.0 Å². The minimum atomic E-state index is -0.537. The molecule has 4 heteroatoms. The molecule has 2 N–H and O–H groups in total. The third kappa shape index (κ3) is 2.52. The number of benzene rings is 3. The molecule has 126 valence electrons. The highest BCUT2D eigenvalue weighted by atomic mass is 16.1. The van der Waals surface area contributed by atoms with Crippen LogP contribution in [-0.2, 0) is 6.42 Å². The zero-order valence-corrected chi connectivity index (χ0v) is 13.9. The molecule has 0 radical (unpaired) electrons. The topological polar surface area (TPSA) is 77.2 Å². The van der Waals surface area contributed by atoms with Crippen LogP contribution >= 0.6 is 0 Å². The summed E-state index contributed by atoms with van der Waals surface area (Å²) in [4.78, 5) is 37.0. The van der Waals surface area contributed by atoms with Gasteiger partial charge in [0.05, 0.1) is 0 Å². The van der Waals surface area contributed by atoms with Crippen molar-refractivity contribution in [1.82, 2.24) is 0 Å². The lowest BCUT2D eigenvalue weighted by Crippen LogP contribution is -2.13. The molecule has 0 aromatic heterocycles. The molecule has 0 fully saturated rings. The van der Waals surface area contributed by atoms with Gasteiger partial charge in [-0.05, 0) is 28.8 Å². The second-order valence-electron chi connectivity index (χ2n) is 6.27. The van der Waals surface area contributed by atoms with E-state index in [0.717, 1.165) is 11.1 Å². The molecule has 1 aliphatic rings. The summed E-state index contributed by atoms with van der Waals surface area (Å²) in [6.07, 6.45) is 0.0984. The molecule has 1 aliphatic carbocycles. The zero-order chi connectivity index (χ0) is 18.3. The second-order valence-corrected chi connectivity index (χ2v) is 6.27. The maximum atomic E-state index is 12.9. The van der Waals surface area contributed by atoms with Crippen molar-refractivity contribution in [3.63, 3.8) is 0 Å². The number of nitrogens with two attached hydrogens (primary N) is 1. The fourth-order valence-electron chi connectivity index (χ4n) is 3.42. The Labute approximate surface area is 150 Å². The fraction of sp³-hybridized carbons (Fsp3) is 0.0455. The third-order valence-corrected chi connectivity index (χ3v) is 4.63. The summed E-state index contributed by atoms with van der Waals surface area (Å²) in [5.41, 5.74) is 9.49. The number of ketones is 2. The Balaban J connectivity index is 1.72. The Morgan fingerprint density at radius 1 is 0.808 bits per heavy atom. The highest BCUT2D eigenvalue weighted by Crippen LogP contribution is 2.38. The average molecular weight is 341 g/mol. The molecule has 0 bridgehead atoms. The van der Waals surface area contributed by atoms with Crippen LogP contribution in [0.3, 0.4) is 0 Å². The fourth-order valence-corrected chi connectivity index (χ4v) is 3.42. The van der Waals surface area contributed by atoms with Crippen molar-refractivity contribution >= 4 is 17.5 Å². The van der Waals surface area contributed by atoms with Gasteiger partial charge in [-0.1, -0.05) is 54.6 Å². The molecule has 3 aromatic carbocycles. The lowest BCUT2D eigenvalue weighted by atomic mass is 9.94. The Morgan fingerprint density at radius 3 is 2.27 bits per heavy atom. The first-order valence-corrected chi connectivity index (χ1v) is 8.25. The van der Waals surface area contributed by atoms with Crippen molar-refractivity contribution in [3.05, 3.63) is 94.5 Å². The van der Waals surface area contributed by atoms with Crippen molar-refractivity contribution < 1.29 is 14.4 Å². The minimum Gasteiger partial charge on any atom is -0.366 e. The highest BCUT2D eigenvalue weighted by molar-refractivity contribution is 6.26. The van der Waals surface area contributed by atoms with E-state index in [1.54, 1.807) is 42.5 Å². The largest absolute Gasteiger partial charge is 0.366 e. The predicted molar refractivity (Wildman–Crippen MR) is 98.3 cm³/mol. The zero-order valence-electron chi connectivity index (χ0n) is 13.9. The first-order valence-electron chi connectivity index (χ1n) is 8.25. The summed E-state index contributed by atoms with van der Waals surface area (Å²) in [5, 5.41) is 0. The summed E-state index contributed by atoms with van der Waals surface area (Å²) < 4.78 is 0. The number of Topliss-reactive ketones (excluding diaryl/α,β-unsaturated/α-hetero) is 1. The Kier molecular flexibility index (Phi) is 3.73. The molecule has 3 aromatic rings. The van der Waals surface area contributed by atoms with Gasteiger partial charge in [-0.2, -0.15) is 0 Å². The molecule has 0 spiro atoms. The maximum Gasteiger partial charge on any atom is 0.248 e. The molecule has 26 heavy (non-hydrogen) atoms. The van der Waals surface area contributed by atoms with E-state index in [1.165, 1.54) is 0 Å². The van der Waals surface area contributed by atoms with Crippen LogP contribution in [0.1, 0.15) is 42.2 Å². The number of rotatable bonds is 4. The highest BCUT2D eigenvalue weighted by Gasteiger charge is 2.30. The Hall–Kier alpha value is -3.53. The molecule has 0 unspecified atom stereocenters. The SMILES string of the molecule is NC(=O)c1cccc(CC(=O)c2cccc3c2C(=O)c2ccccc2-3)c1. The van der Waals surface area contributed by atoms with Crippen LogP contribution < -0.4 is 5.73 Å². The number of primary amides is 1. The lowest BCUT2D eigenvalue weighted by molar-refractivity contribution is 0.0975. The molecular formula is C22H15NO3. The summed E-state index contributed by atoms with van der Waals surface area (Å²) in [6, 6.07) is 19.4. The van der Waals surface area contributed by atoms with Crippen LogP contribution in [0.5, 0.6) is 0 Å². The van der Waals surface area contributed by atoms with E-state index in [2.05, 4.69) is 0 Å². The van der Waals surface area contributed by atoms with Gasteiger partial charge in [0.1, 0.15) is 0 Å². The number of carbonyl (C=O) groups excluding carboxylic acids is 3. The Morgan fingerprint density at radius 2 is 1.50 bits per heavy atom. The average Bonchev–Trinajstić information content (AvgIpc) is 2.95. The number of fused-ring (bicyclic) bond motifs is 3. The maximum absolute atomic E-state index is 12.9. The second kappa shape index (κ2) is 6.08. The normalized spacial score (nSPS) is 11.8. The van der Waals surface area contributed by atoms with Crippen molar-refractivity contribution in [2.45, 2.75) is 6.42 Å². The predicted octanol–water partition coefficient (Wildman–Crippen LogP) is 3.42. The molecule has 0 heterocycles. The molecule has 0 saturated carbocycles. The minimum absolute atomic E-state index is 0.0984. The van der Waals surface area contributed by atoms with Gasteiger partial charge >= 0.3 is 0 Å². The van der Waals surface area contributed by atoms with Crippen molar-refractivity contribution in [2.24, 2.45) is 5.73 Å². The summed E-state index contributed by atoms with van der Waals surface area (Å²) in [6.45, 7) is 0. The van der Waals surface area contributed by atoms with Gasteiger partial charge in [0, 0.05) is 28.7 Å². The molecular weight excluding hydrogens is 326 g/mol. The molecule has 0 saturated heterocycles. The monoisotopic (exact) mass is 341 g/mol. The van der Waals surface area contributed by atoms with Crippen LogP contribution in [0.15, 0.2) is 66.7 Å². The van der Waals surface area contributed by atoms with Crippen LogP contribution in [0.2, 0.25) is 0 Å². The van der Waals surface area contributed by atoms with Gasteiger partial charge in [0.2, 0.25) is 5.91 Å². The van der Waals surface area contributed by atoms with Gasteiger partial charge in [0.25, 0.3) is 0 Å². The first-order chi connectivity index (χ1) is 12.6. The molecule has 0 aliphatic heterocycles. The van der Waals surface area contributed by atoms with Crippen LogP contribution in [0.4, 0.5) is 0 Å². The quantitative estimate of drug-likeness (QED) is 0.578. The van der Waals surface area contributed by atoms with E-state index < -0.39 is 5.91 Å². The number of hydrogen-bond donors (Lipinski definition) is 1. The number of hydrogen-bond acceptors (Lipinski definition) is 3. The van der Waals surface area contributed by atoms with Crippen LogP contribution in [0.25, 0.3) is 11.1 Å². The van der Waals surface area contributed by atoms with E-state index in [0.29, 0.717) is 27.8 Å². The van der Waals surface area contributed by atoms with Gasteiger partial charge in [-0.3, -0.25) is 14.4 Å². The van der Waals surface area contributed by atoms with Crippen molar-refractivity contribution in [2.75, 3.05) is 0 Å². The van der Waals surface area contributed by atoms with Crippen molar-refractivity contribution in [3.8, 4) is 11.1 Å². The molecule has 4 rings (SSSR count). The first kappa shape index (κ1) is 16.0. The third-order valence-electron chi connectivity index (χ3n) is 4.63. The number of amides is 1. The van der Waals surface area contributed by atoms with Gasteiger partial charge in [-0.25, -0.2) is 0 Å². The summed E-state index contributed by atoms with van der Waals surface area (Å²) >= 11 is 0. The Bertz CT molecular complexity index is 1080. The standard InChI is InChI=1S/C22H15NO3/c23-22(26)14-6-3-5-13(11-14)12-19(24)18-10-4-9-16-15-7-1-2-8-17(15)21(25)20(16)18/h1-11H,12H2,(H2,23,26). The van der Waals surface area contributed by atoms with E-state index in [9.17, 15) is 14.4 Å². The summed E-state index contributed by atoms with van der Waals surface area (Å²) in [7, 11) is 0. The van der Waals surface area contributed by atoms with Gasteiger partial charge in [0.15, 0.2) is 11.6 Å². The van der Waals surface area contributed by atoms with Crippen LogP contribution in [-0.4, -0.2) is 17.5 Å². The summed E-state index contributed by atoms with van der Waals surface area (Å²) in [5.74, 6) is -0.819. The molecule has 0 atom stereocenters. The molecule has 1 amide bonds. The van der Waals surface area contributed by atoms with Crippen molar-refractivity contribution in [1.29, 1.82) is 0 Å². The lowest BCUT2D eigenvalue weighted by Gasteiger charge is -2.08. The van der Waals surface area contributed by atoms with Gasteiger partial charge < -0.3 is 5.73 Å².